The third kappa shape index (κ3) is 2.91. The zero-order valence-corrected chi connectivity index (χ0v) is 13.7. The van der Waals surface area contributed by atoms with E-state index in [1.165, 1.54) is 0 Å². The average Bonchev–Trinajstić information content (AvgIpc) is 3.09. The van der Waals surface area contributed by atoms with Crippen molar-refractivity contribution in [3.63, 3.8) is 0 Å². The first-order chi connectivity index (χ1) is 11.6. The summed E-state index contributed by atoms with van der Waals surface area (Å²) in [7, 11) is 0. The molecule has 1 unspecified atom stereocenters. The molecular formula is C19H18N2O3. The van der Waals surface area contributed by atoms with Gasteiger partial charge in [-0.15, -0.1) is 0 Å². The van der Waals surface area contributed by atoms with E-state index in [-0.39, 0.29) is 18.7 Å². The highest BCUT2D eigenvalue weighted by atomic mass is 16.7. The highest BCUT2D eigenvalue weighted by Gasteiger charge is 2.23. The predicted molar refractivity (Wildman–Crippen MR) is 88.8 cm³/mol. The van der Waals surface area contributed by atoms with Gasteiger partial charge in [0.05, 0.1) is 17.7 Å². The fourth-order valence-corrected chi connectivity index (χ4v) is 2.80. The standard InChI is InChI=1S/C19H18N2O3/c1-3-21(13(2)15-6-4-14(11-20)5-7-15)19(22)16-8-9-17-18(10-16)24-12-23-17/h4-10,13H,3,12H2,1-2H3. The maximum Gasteiger partial charge on any atom is 0.254 e. The molecule has 5 nitrogen and oxygen atoms in total. The average molecular weight is 322 g/mol. The molecule has 1 heterocycles. The minimum Gasteiger partial charge on any atom is -0.454 e. The Morgan fingerprint density at radius 3 is 2.58 bits per heavy atom. The monoisotopic (exact) mass is 322 g/mol. The van der Waals surface area contributed by atoms with E-state index in [9.17, 15) is 4.79 Å². The van der Waals surface area contributed by atoms with E-state index in [1.54, 1.807) is 35.2 Å². The summed E-state index contributed by atoms with van der Waals surface area (Å²) in [6.45, 7) is 4.70. The van der Waals surface area contributed by atoms with E-state index < -0.39 is 0 Å². The molecule has 0 N–H and O–H groups in total. The van der Waals surface area contributed by atoms with Gasteiger partial charge in [-0.25, -0.2) is 0 Å². The Morgan fingerprint density at radius 1 is 1.21 bits per heavy atom. The van der Waals surface area contributed by atoms with Crippen LogP contribution in [0.2, 0.25) is 0 Å². The van der Waals surface area contributed by atoms with Gasteiger partial charge in [-0.2, -0.15) is 5.26 Å². The molecular weight excluding hydrogens is 304 g/mol. The largest absolute Gasteiger partial charge is 0.454 e. The van der Waals surface area contributed by atoms with Crippen LogP contribution < -0.4 is 9.47 Å². The van der Waals surface area contributed by atoms with Crippen LogP contribution in [0.5, 0.6) is 11.5 Å². The summed E-state index contributed by atoms with van der Waals surface area (Å²) < 4.78 is 10.6. The minimum absolute atomic E-state index is 0.0624. The third-order valence-corrected chi connectivity index (χ3v) is 4.21. The van der Waals surface area contributed by atoms with Crippen LogP contribution in [-0.2, 0) is 0 Å². The third-order valence-electron chi connectivity index (χ3n) is 4.21. The van der Waals surface area contributed by atoms with Crippen LogP contribution in [0.15, 0.2) is 42.5 Å². The van der Waals surface area contributed by atoms with Crippen LogP contribution in [0, 0.1) is 11.3 Å². The molecule has 122 valence electrons. The summed E-state index contributed by atoms with van der Waals surface area (Å²) >= 11 is 0. The van der Waals surface area contributed by atoms with Crippen molar-refractivity contribution in [2.24, 2.45) is 0 Å². The normalized spacial score (nSPS) is 13.2. The minimum atomic E-state index is -0.0966. The molecule has 1 atom stereocenters. The Kier molecular flexibility index (Phi) is 4.39. The summed E-state index contributed by atoms with van der Waals surface area (Å²) in [5.74, 6) is 1.20. The molecule has 0 fully saturated rings. The first kappa shape index (κ1) is 15.9. The molecule has 1 amide bonds. The highest BCUT2D eigenvalue weighted by molar-refractivity contribution is 5.95. The molecule has 3 rings (SSSR count). The summed E-state index contributed by atoms with van der Waals surface area (Å²) in [5.41, 5.74) is 2.17. The van der Waals surface area contributed by atoms with E-state index >= 15 is 0 Å². The number of hydrogen-bond donors (Lipinski definition) is 0. The molecule has 1 aliphatic rings. The zero-order chi connectivity index (χ0) is 17.1. The molecule has 0 spiro atoms. The van der Waals surface area contributed by atoms with Gasteiger partial charge in [-0.1, -0.05) is 12.1 Å². The molecule has 2 aromatic rings. The smallest absolute Gasteiger partial charge is 0.254 e. The lowest BCUT2D eigenvalue weighted by molar-refractivity contribution is 0.0702. The van der Waals surface area contributed by atoms with Crippen molar-refractivity contribution in [3.05, 3.63) is 59.2 Å². The molecule has 5 heteroatoms. The Balaban J connectivity index is 1.84. The molecule has 0 aliphatic carbocycles. The van der Waals surface area contributed by atoms with Gasteiger partial charge in [0.1, 0.15) is 0 Å². The van der Waals surface area contributed by atoms with Crippen LogP contribution >= 0.6 is 0 Å². The summed E-state index contributed by atoms with van der Waals surface area (Å²) in [4.78, 5) is 14.7. The molecule has 0 saturated carbocycles. The number of fused-ring (bicyclic) bond motifs is 1. The quantitative estimate of drug-likeness (QED) is 0.864. The molecule has 0 bridgehead atoms. The van der Waals surface area contributed by atoms with E-state index in [4.69, 9.17) is 14.7 Å². The number of hydrogen-bond acceptors (Lipinski definition) is 4. The number of rotatable bonds is 4. The van der Waals surface area contributed by atoms with Crippen LogP contribution in [0.1, 0.15) is 41.4 Å². The second-order valence-corrected chi connectivity index (χ2v) is 5.57. The van der Waals surface area contributed by atoms with Crippen molar-refractivity contribution in [2.75, 3.05) is 13.3 Å². The summed E-state index contributed by atoms with van der Waals surface area (Å²) in [6.07, 6.45) is 0. The summed E-state index contributed by atoms with van der Waals surface area (Å²) in [5, 5.41) is 8.90. The number of carbonyl (C=O) groups excluding carboxylic acids is 1. The highest BCUT2D eigenvalue weighted by Crippen LogP contribution is 2.33. The lowest BCUT2D eigenvalue weighted by Gasteiger charge is -2.28. The van der Waals surface area contributed by atoms with Gasteiger partial charge in [-0.3, -0.25) is 4.79 Å². The maximum atomic E-state index is 12.9. The SMILES string of the molecule is CCN(C(=O)c1ccc2c(c1)OCO2)C(C)c1ccc(C#N)cc1. The van der Waals surface area contributed by atoms with E-state index in [2.05, 4.69) is 6.07 Å². The van der Waals surface area contributed by atoms with Crippen molar-refractivity contribution in [2.45, 2.75) is 19.9 Å². The zero-order valence-electron chi connectivity index (χ0n) is 13.7. The molecule has 24 heavy (non-hydrogen) atoms. The van der Waals surface area contributed by atoms with Crippen LogP contribution in [0.25, 0.3) is 0 Å². The van der Waals surface area contributed by atoms with E-state index in [0.29, 0.717) is 29.2 Å². The first-order valence-corrected chi connectivity index (χ1v) is 7.84. The van der Waals surface area contributed by atoms with E-state index in [1.807, 2.05) is 26.0 Å². The Morgan fingerprint density at radius 2 is 1.92 bits per heavy atom. The molecule has 1 aliphatic heterocycles. The number of amides is 1. The van der Waals surface area contributed by atoms with Gasteiger partial charge >= 0.3 is 0 Å². The van der Waals surface area contributed by atoms with E-state index in [0.717, 1.165) is 5.56 Å². The topological polar surface area (TPSA) is 62.6 Å². The summed E-state index contributed by atoms with van der Waals surface area (Å²) in [6, 6.07) is 14.6. The predicted octanol–water partition coefficient (Wildman–Crippen LogP) is 3.51. The van der Waals surface area contributed by atoms with Crippen LogP contribution in [0.4, 0.5) is 0 Å². The molecule has 0 radical (unpaired) electrons. The number of carbonyl (C=O) groups is 1. The van der Waals surface area contributed by atoms with Gasteiger partial charge in [0.15, 0.2) is 11.5 Å². The van der Waals surface area contributed by atoms with Gasteiger partial charge in [0.25, 0.3) is 5.91 Å². The second-order valence-electron chi connectivity index (χ2n) is 5.57. The number of nitrogens with zero attached hydrogens (tertiary/aromatic N) is 2. The molecule has 0 saturated heterocycles. The number of benzene rings is 2. The van der Waals surface area contributed by atoms with Gasteiger partial charge in [0.2, 0.25) is 6.79 Å². The van der Waals surface area contributed by atoms with Crippen LogP contribution in [0.3, 0.4) is 0 Å². The molecule has 2 aromatic carbocycles. The van der Waals surface area contributed by atoms with Crippen LogP contribution in [-0.4, -0.2) is 24.1 Å². The Bertz CT molecular complexity index is 793. The van der Waals surface area contributed by atoms with Crippen molar-refractivity contribution < 1.29 is 14.3 Å². The second kappa shape index (κ2) is 6.63. The van der Waals surface area contributed by atoms with Gasteiger partial charge in [-0.05, 0) is 49.7 Å². The van der Waals surface area contributed by atoms with Gasteiger partial charge in [0, 0.05) is 12.1 Å². The number of nitriles is 1. The maximum absolute atomic E-state index is 12.9. The Hall–Kier alpha value is -3.00. The Labute approximate surface area is 141 Å². The van der Waals surface area contributed by atoms with Crippen molar-refractivity contribution >= 4 is 5.91 Å². The number of ether oxygens (including phenoxy) is 2. The van der Waals surface area contributed by atoms with Crippen molar-refractivity contribution in [1.82, 2.24) is 4.90 Å². The lowest BCUT2D eigenvalue weighted by atomic mass is 10.0. The lowest BCUT2D eigenvalue weighted by Crippen LogP contribution is -2.33. The molecule has 0 aromatic heterocycles. The fourth-order valence-electron chi connectivity index (χ4n) is 2.80. The van der Waals surface area contributed by atoms with Gasteiger partial charge < -0.3 is 14.4 Å². The fraction of sp³-hybridized carbons (Fsp3) is 0.263. The van der Waals surface area contributed by atoms with Crippen molar-refractivity contribution in [3.8, 4) is 17.6 Å². The van der Waals surface area contributed by atoms with Crippen molar-refractivity contribution in [1.29, 1.82) is 5.26 Å². The first-order valence-electron chi connectivity index (χ1n) is 7.84.